The predicted molar refractivity (Wildman–Crippen MR) is 86.2 cm³/mol. The number of benzene rings is 1. The topological polar surface area (TPSA) is 19.4 Å². The van der Waals surface area contributed by atoms with E-state index >= 15 is 0 Å². The lowest BCUT2D eigenvalue weighted by molar-refractivity contribution is -0.137. The maximum Gasteiger partial charge on any atom is 0.417 e. The molecule has 0 unspecified atom stereocenters. The van der Waals surface area contributed by atoms with Crippen LogP contribution in [-0.2, 0) is 19.3 Å². The van der Waals surface area contributed by atoms with Gasteiger partial charge >= 0.3 is 6.18 Å². The van der Waals surface area contributed by atoms with Crippen LogP contribution in [0.25, 0.3) is 0 Å². The predicted octanol–water partition coefficient (Wildman–Crippen LogP) is 3.70. The van der Waals surface area contributed by atoms with Gasteiger partial charge in [0.25, 0.3) is 0 Å². The van der Waals surface area contributed by atoms with E-state index in [1.165, 1.54) is 18.2 Å². The van der Waals surface area contributed by atoms with Crippen LogP contribution < -0.4 is 0 Å². The minimum atomic E-state index is -4.38. The van der Waals surface area contributed by atoms with Crippen molar-refractivity contribution in [2.24, 2.45) is 0 Å². The number of hydrogen-bond donors (Lipinski definition) is 0. The second-order valence-corrected chi connectivity index (χ2v) is 6.32. The van der Waals surface area contributed by atoms with Crippen molar-refractivity contribution in [3.63, 3.8) is 0 Å². The summed E-state index contributed by atoms with van der Waals surface area (Å²) in [5, 5.41) is 0. The zero-order valence-corrected chi connectivity index (χ0v) is 13.9. The van der Waals surface area contributed by atoms with Gasteiger partial charge < -0.3 is 0 Å². The number of hydrogen-bond acceptors (Lipinski definition) is 3. The molecule has 1 aromatic carbocycles. The summed E-state index contributed by atoms with van der Waals surface area (Å²) in [5.74, 6) is -1.15. The minimum absolute atomic E-state index is 0.401. The fourth-order valence-corrected chi connectivity index (χ4v) is 2.91. The Hall–Kier alpha value is -2.06. The van der Waals surface area contributed by atoms with Crippen molar-refractivity contribution in [2.75, 3.05) is 26.2 Å². The van der Waals surface area contributed by atoms with Gasteiger partial charge in [-0.05, 0) is 18.2 Å². The highest BCUT2D eigenvalue weighted by molar-refractivity contribution is 5.19. The van der Waals surface area contributed by atoms with E-state index in [9.17, 15) is 22.0 Å². The van der Waals surface area contributed by atoms with E-state index in [1.54, 1.807) is 0 Å². The quantitative estimate of drug-likeness (QED) is 0.764. The summed E-state index contributed by atoms with van der Waals surface area (Å²) >= 11 is 0. The van der Waals surface area contributed by atoms with Crippen molar-refractivity contribution < 1.29 is 22.0 Å². The first kappa shape index (κ1) is 18.7. The molecule has 26 heavy (non-hydrogen) atoms. The van der Waals surface area contributed by atoms with Crippen LogP contribution in [0.5, 0.6) is 0 Å². The Morgan fingerprint density at radius 2 is 1.54 bits per heavy atom. The average molecular weight is 371 g/mol. The van der Waals surface area contributed by atoms with Gasteiger partial charge in [-0.3, -0.25) is 14.8 Å². The highest BCUT2D eigenvalue weighted by atomic mass is 19.4. The van der Waals surface area contributed by atoms with Gasteiger partial charge in [-0.1, -0.05) is 6.07 Å². The minimum Gasteiger partial charge on any atom is -0.296 e. The molecule has 3 nitrogen and oxygen atoms in total. The summed E-state index contributed by atoms with van der Waals surface area (Å²) in [6, 6.07) is 5.99. The molecule has 140 valence electrons. The third-order valence-corrected chi connectivity index (χ3v) is 4.41. The van der Waals surface area contributed by atoms with Crippen molar-refractivity contribution in [3.05, 3.63) is 65.0 Å². The lowest BCUT2D eigenvalue weighted by Crippen LogP contribution is -2.45. The van der Waals surface area contributed by atoms with E-state index in [4.69, 9.17) is 0 Å². The molecule has 1 aliphatic rings. The fraction of sp³-hybridized carbons (Fsp3) is 0.389. The molecular weight excluding hydrogens is 353 g/mol. The van der Waals surface area contributed by atoms with E-state index < -0.39 is 23.4 Å². The average Bonchev–Trinajstić information content (AvgIpc) is 2.59. The smallest absolute Gasteiger partial charge is 0.296 e. The van der Waals surface area contributed by atoms with Gasteiger partial charge in [0.1, 0.15) is 11.6 Å². The maximum absolute atomic E-state index is 13.7. The highest BCUT2D eigenvalue weighted by Crippen LogP contribution is 2.28. The number of rotatable bonds is 4. The normalized spacial score (nSPS) is 16.8. The highest BCUT2D eigenvalue weighted by Gasteiger charge is 2.30. The molecule has 2 aromatic rings. The summed E-state index contributed by atoms with van der Waals surface area (Å²) in [7, 11) is 0. The molecule has 8 heteroatoms. The van der Waals surface area contributed by atoms with Gasteiger partial charge in [0, 0.05) is 57.1 Å². The third kappa shape index (κ3) is 4.76. The summed E-state index contributed by atoms with van der Waals surface area (Å²) < 4.78 is 64.3. The molecule has 3 rings (SSSR count). The van der Waals surface area contributed by atoms with Crippen LogP contribution in [0, 0.1) is 11.6 Å². The van der Waals surface area contributed by atoms with Gasteiger partial charge in [0.15, 0.2) is 0 Å². The Bertz CT molecular complexity index is 737. The lowest BCUT2D eigenvalue weighted by atomic mass is 10.1. The van der Waals surface area contributed by atoms with E-state index in [0.29, 0.717) is 50.5 Å². The van der Waals surface area contributed by atoms with Crippen LogP contribution >= 0.6 is 0 Å². The van der Waals surface area contributed by atoms with Crippen LogP contribution in [-0.4, -0.2) is 41.0 Å². The van der Waals surface area contributed by atoms with Crippen LogP contribution in [0.15, 0.2) is 36.5 Å². The maximum atomic E-state index is 13.7. The van der Waals surface area contributed by atoms with E-state index in [1.807, 2.05) is 0 Å². The Balaban J connectivity index is 1.50. The number of halogens is 5. The standard InChI is InChI=1S/C18H18F5N3/c19-15-3-1-13(17(20)9-15)11-25-5-7-26(8-6-25)12-16-4-2-14(10-24-16)18(21,22)23/h1-4,9-10H,5-8,11-12H2. The summed E-state index contributed by atoms with van der Waals surface area (Å²) in [6.45, 7) is 3.65. The number of pyridine rings is 1. The van der Waals surface area contributed by atoms with Crippen molar-refractivity contribution in [1.82, 2.24) is 14.8 Å². The van der Waals surface area contributed by atoms with Crippen LogP contribution in [0.4, 0.5) is 22.0 Å². The number of nitrogens with zero attached hydrogens (tertiary/aromatic N) is 3. The molecule has 2 heterocycles. The van der Waals surface area contributed by atoms with E-state index in [0.717, 1.165) is 18.3 Å². The fourth-order valence-electron chi connectivity index (χ4n) is 2.91. The molecule has 0 N–H and O–H groups in total. The molecule has 1 aliphatic heterocycles. The number of aromatic nitrogens is 1. The zero-order chi connectivity index (χ0) is 18.7. The van der Waals surface area contributed by atoms with Crippen LogP contribution in [0.2, 0.25) is 0 Å². The van der Waals surface area contributed by atoms with Crippen molar-refractivity contribution in [2.45, 2.75) is 19.3 Å². The summed E-state index contributed by atoms with van der Waals surface area (Å²) in [5.41, 5.74) is 0.271. The molecule has 0 amide bonds. The second-order valence-electron chi connectivity index (χ2n) is 6.32. The molecule has 0 aliphatic carbocycles. The number of piperazine rings is 1. The van der Waals surface area contributed by atoms with Gasteiger partial charge in [0.2, 0.25) is 0 Å². The first-order valence-electron chi connectivity index (χ1n) is 8.22. The Labute approximate surface area is 148 Å². The van der Waals surface area contributed by atoms with Crippen molar-refractivity contribution in [1.29, 1.82) is 0 Å². The van der Waals surface area contributed by atoms with E-state index in [-0.39, 0.29) is 0 Å². The molecule has 0 atom stereocenters. The third-order valence-electron chi connectivity index (χ3n) is 4.41. The Kier molecular flexibility index (Phi) is 5.52. The zero-order valence-electron chi connectivity index (χ0n) is 13.9. The molecule has 1 aromatic heterocycles. The van der Waals surface area contributed by atoms with E-state index in [2.05, 4.69) is 14.8 Å². The first-order chi connectivity index (χ1) is 12.3. The molecule has 1 fully saturated rings. The van der Waals surface area contributed by atoms with Crippen molar-refractivity contribution in [3.8, 4) is 0 Å². The summed E-state index contributed by atoms with van der Waals surface area (Å²) in [6.07, 6.45) is -3.53. The molecule has 0 bridgehead atoms. The van der Waals surface area contributed by atoms with Crippen LogP contribution in [0.3, 0.4) is 0 Å². The second kappa shape index (κ2) is 7.67. The van der Waals surface area contributed by atoms with Gasteiger partial charge in [-0.25, -0.2) is 8.78 Å². The molecule has 1 saturated heterocycles. The van der Waals surface area contributed by atoms with Gasteiger partial charge in [0.05, 0.1) is 11.3 Å². The number of alkyl halides is 3. The summed E-state index contributed by atoms with van der Waals surface area (Å²) in [4.78, 5) is 8.04. The monoisotopic (exact) mass is 371 g/mol. The van der Waals surface area contributed by atoms with Gasteiger partial charge in [-0.2, -0.15) is 13.2 Å². The lowest BCUT2D eigenvalue weighted by Gasteiger charge is -2.34. The largest absolute Gasteiger partial charge is 0.417 e. The SMILES string of the molecule is Fc1ccc(CN2CCN(Cc3ccc(C(F)(F)F)cn3)CC2)c(F)c1. The molecule has 0 saturated carbocycles. The Morgan fingerprint density at radius 1 is 0.885 bits per heavy atom. The molecular formula is C18H18F5N3. The molecule has 0 spiro atoms. The molecule has 0 radical (unpaired) electrons. The Morgan fingerprint density at radius 3 is 2.08 bits per heavy atom. The van der Waals surface area contributed by atoms with Crippen LogP contribution in [0.1, 0.15) is 16.8 Å². The van der Waals surface area contributed by atoms with Gasteiger partial charge in [-0.15, -0.1) is 0 Å². The van der Waals surface area contributed by atoms with Crippen molar-refractivity contribution >= 4 is 0 Å². The first-order valence-corrected chi connectivity index (χ1v) is 8.22.